The SMILES string of the molecule is [B]c1cnc2nc(C(C)c3ccc4c(c3)CCCN4C(=O)Cl)[nH]c2c1. The standard InChI is InChI=1S/C18H16BClN4O/c1-10(16-22-14-8-13(19)9-21-17(14)23-16)11-4-5-15-12(7-11)3-2-6-24(15)18(20)25/h4-5,7-10H,2-3,6H2,1H3,(H,21,22,23). The molecule has 124 valence electrons. The van der Waals surface area contributed by atoms with Gasteiger partial charge in [-0.05, 0) is 47.7 Å². The van der Waals surface area contributed by atoms with Crippen LogP contribution in [0.5, 0.6) is 0 Å². The predicted molar refractivity (Wildman–Crippen MR) is 100 cm³/mol. The van der Waals surface area contributed by atoms with Crippen LogP contribution in [0.25, 0.3) is 11.2 Å². The summed E-state index contributed by atoms with van der Waals surface area (Å²) in [7, 11) is 5.78. The Kier molecular flexibility index (Phi) is 4.00. The Morgan fingerprint density at radius 1 is 1.40 bits per heavy atom. The average Bonchev–Trinajstić information content (AvgIpc) is 3.03. The van der Waals surface area contributed by atoms with Crippen LogP contribution >= 0.6 is 11.6 Å². The summed E-state index contributed by atoms with van der Waals surface area (Å²) in [6.07, 6.45) is 3.46. The van der Waals surface area contributed by atoms with Crippen LogP contribution in [0.3, 0.4) is 0 Å². The van der Waals surface area contributed by atoms with E-state index in [1.54, 1.807) is 11.1 Å². The predicted octanol–water partition coefficient (Wildman–Crippen LogP) is 3.01. The largest absolute Gasteiger partial charge is 0.340 e. The Labute approximate surface area is 151 Å². The lowest BCUT2D eigenvalue weighted by Crippen LogP contribution is -2.31. The van der Waals surface area contributed by atoms with Crippen LogP contribution in [-0.4, -0.2) is 34.7 Å². The van der Waals surface area contributed by atoms with Crippen LogP contribution in [0.15, 0.2) is 30.5 Å². The van der Waals surface area contributed by atoms with Crippen molar-refractivity contribution in [3.05, 3.63) is 47.4 Å². The van der Waals surface area contributed by atoms with Gasteiger partial charge in [-0.1, -0.05) is 24.5 Å². The molecule has 2 aromatic heterocycles. The molecular weight excluding hydrogens is 334 g/mol. The molecule has 0 aliphatic carbocycles. The second-order valence-corrected chi connectivity index (χ2v) is 6.70. The molecule has 7 heteroatoms. The lowest BCUT2D eigenvalue weighted by Gasteiger charge is -2.28. The van der Waals surface area contributed by atoms with E-state index < -0.39 is 5.37 Å². The number of nitrogens with zero attached hydrogens (tertiary/aromatic N) is 3. The van der Waals surface area contributed by atoms with Crippen molar-refractivity contribution in [3.8, 4) is 0 Å². The van der Waals surface area contributed by atoms with Crippen molar-refractivity contribution in [3.63, 3.8) is 0 Å². The number of anilines is 1. The van der Waals surface area contributed by atoms with Crippen molar-refractivity contribution in [2.75, 3.05) is 11.4 Å². The average molecular weight is 351 g/mol. The number of hydrogen-bond acceptors (Lipinski definition) is 3. The van der Waals surface area contributed by atoms with Gasteiger partial charge in [-0.2, -0.15) is 0 Å². The highest BCUT2D eigenvalue weighted by molar-refractivity contribution is 6.66. The fraction of sp³-hybridized carbons (Fsp3) is 0.278. The van der Waals surface area contributed by atoms with Gasteiger partial charge in [0.05, 0.1) is 5.52 Å². The van der Waals surface area contributed by atoms with Gasteiger partial charge in [0.25, 0.3) is 0 Å². The molecule has 25 heavy (non-hydrogen) atoms. The third-order valence-electron chi connectivity index (χ3n) is 4.72. The van der Waals surface area contributed by atoms with Gasteiger partial charge in [0.15, 0.2) is 5.65 Å². The molecular formula is C18H16BClN4O. The molecule has 1 aliphatic rings. The number of H-pyrrole nitrogens is 1. The number of nitrogens with one attached hydrogen (secondary N) is 1. The Hall–Kier alpha value is -2.34. The zero-order valence-electron chi connectivity index (χ0n) is 13.8. The Bertz CT molecular complexity index is 971. The lowest BCUT2D eigenvalue weighted by atomic mass is 9.94. The number of aryl methyl sites for hydroxylation is 1. The maximum absolute atomic E-state index is 11.6. The van der Waals surface area contributed by atoms with Gasteiger partial charge in [0, 0.05) is 24.3 Å². The molecule has 0 saturated heterocycles. The van der Waals surface area contributed by atoms with Gasteiger partial charge in [-0.25, -0.2) is 9.97 Å². The highest BCUT2D eigenvalue weighted by atomic mass is 35.5. The van der Waals surface area contributed by atoms with Crippen LogP contribution in [0.4, 0.5) is 10.5 Å². The number of imidazole rings is 1. The first-order valence-corrected chi connectivity index (χ1v) is 8.61. The number of aromatic nitrogens is 3. The first kappa shape index (κ1) is 16.2. The number of fused-ring (bicyclic) bond motifs is 2. The summed E-state index contributed by atoms with van der Waals surface area (Å²) in [5.41, 5.74) is 5.28. The molecule has 3 aromatic rings. The van der Waals surface area contributed by atoms with E-state index in [9.17, 15) is 4.79 Å². The van der Waals surface area contributed by atoms with Crippen LogP contribution in [0, 0.1) is 0 Å². The molecule has 5 nitrogen and oxygen atoms in total. The normalized spacial score (nSPS) is 15.2. The minimum atomic E-state index is -0.428. The Morgan fingerprint density at radius 3 is 3.04 bits per heavy atom. The van der Waals surface area contributed by atoms with E-state index in [2.05, 4.69) is 27.9 Å². The molecule has 0 saturated carbocycles. The minimum absolute atomic E-state index is 0.0720. The molecule has 0 bridgehead atoms. The highest BCUT2D eigenvalue weighted by Gasteiger charge is 2.23. The molecule has 2 radical (unpaired) electrons. The molecule has 0 fully saturated rings. The quantitative estimate of drug-likeness (QED) is 0.439. The smallest absolute Gasteiger partial charge is 0.320 e. The monoisotopic (exact) mass is 350 g/mol. The highest BCUT2D eigenvalue weighted by Crippen LogP contribution is 2.32. The molecule has 1 N–H and O–H groups in total. The van der Waals surface area contributed by atoms with Crippen LogP contribution in [0.2, 0.25) is 0 Å². The fourth-order valence-corrected chi connectivity index (χ4v) is 3.54. The summed E-state index contributed by atoms with van der Waals surface area (Å²) in [6.45, 7) is 2.76. The number of rotatable bonds is 2. The van der Waals surface area contributed by atoms with Crippen molar-refractivity contribution in [2.45, 2.75) is 25.7 Å². The molecule has 1 amide bonds. The number of carbonyl (C=O) groups is 1. The minimum Gasteiger partial charge on any atom is -0.340 e. The van der Waals surface area contributed by atoms with Crippen molar-refractivity contribution < 1.29 is 4.79 Å². The van der Waals surface area contributed by atoms with E-state index >= 15 is 0 Å². The maximum atomic E-state index is 11.6. The number of benzene rings is 1. The topological polar surface area (TPSA) is 61.9 Å². The first-order chi connectivity index (χ1) is 12.0. The molecule has 1 aliphatic heterocycles. The van der Waals surface area contributed by atoms with Gasteiger partial charge in [0.2, 0.25) is 0 Å². The van der Waals surface area contributed by atoms with E-state index in [4.69, 9.17) is 19.4 Å². The van der Waals surface area contributed by atoms with Crippen molar-refractivity contribution in [1.29, 1.82) is 0 Å². The summed E-state index contributed by atoms with van der Waals surface area (Å²) in [6, 6.07) is 7.97. The van der Waals surface area contributed by atoms with Gasteiger partial charge < -0.3 is 4.98 Å². The maximum Gasteiger partial charge on any atom is 0.320 e. The van der Waals surface area contributed by atoms with Crippen LogP contribution in [0.1, 0.15) is 36.2 Å². The summed E-state index contributed by atoms with van der Waals surface area (Å²) in [5, 5.41) is -0.428. The van der Waals surface area contributed by atoms with Crippen molar-refractivity contribution >= 4 is 47.1 Å². The van der Waals surface area contributed by atoms with Crippen LogP contribution in [-0.2, 0) is 6.42 Å². The summed E-state index contributed by atoms with van der Waals surface area (Å²) in [4.78, 5) is 25.3. The summed E-state index contributed by atoms with van der Waals surface area (Å²) in [5.74, 6) is 0.914. The number of carbonyl (C=O) groups excluding carboxylic acids is 1. The Balaban J connectivity index is 1.70. The van der Waals surface area contributed by atoms with Crippen molar-refractivity contribution in [1.82, 2.24) is 15.0 Å². The zero-order chi connectivity index (χ0) is 17.6. The fourth-order valence-electron chi connectivity index (χ4n) is 3.37. The molecule has 1 unspecified atom stereocenters. The van der Waals surface area contributed by atoms with E-state index in [1.807, 2.05) is 18.2 Å². The molecule has 4 rings (SSSR count). The third-order valence-corrected chi connectivity index (χ3v) is 4.93. The van der Waals surface area contributed by atoms with Gasteiger partial charge in [-0.15, -0.1) is 0 Å². The number of hydrogen-bond donors (Lipinski definition) is 1. The van der Waals surface area contributed by atoms with Crippen LogP contribution < -0.4 is 10.4 Å². The second-order valence-electron chi connectivity index (χ2n) is 6.38. The van der Waals surface area contributed by atoms with E-state index in [1.165, 1.54) is 0 Å². The molecule has 0 spiro atoms. The summed E-state index contributed by atoms with van der Waals surface area (Å²) < 4.78 is 0. The Morgan fingerprint density at radius 2 is 2.24 bits per heavy atom. The molecule has 3 heterocycles. The van der Waals surface area contributed by atoms with Gasteiger partial charge >= 0.3 is 5.37 Å². The third kappa shape index (κ3) is 2.91. The van der Waals surface area contributed by atoms with Crippen molar-refractivity contribution in [2.24, 2.45) is 0 Å². The second kappa shape index (κ2) is 6.19. The molecule has 1 atom stereocenters. The number of pyridine rings is 1. The number of amides is 1. The number of halogens is 1. The van der Waals surface area contributed by atoms with E-state index in [0.717, 1.165) is 41.0 Å². The van der Waals surface area contributed by atoms with Gasteiger partial charge in [-0.3, -0.25) is 9.69 Å². The zero-order valence-corrected chi connectivity index (χ0v) is 14.5. The number of aromatic amines is 1. The lowest BCUT2D eigenvalue weighted by molar-refractivity contribution is 0.263. The molecule has 1 aromatic carbocycles. The summed E-state index contributed by atoms with van der Waals surface area (Å²) >= 11 is 5.70. The van der Waals surface area contributed by atoms with E-state index in [-0.39, 0.29) is 5.92 Å². The van der Waals surface area contributed by atoms with Gasteiger partial charge in [0.1, 0.15) is 13.7 Å². The van der Waals surface area contributed by atoms with E-state index in [0.29, 0.717) is 17.7 Å². The first-order valence-electron chi connectivity index (χ1n) is 8.24.